The van der Waals surface area contributed by atoms with Crippen LogP contribution >= 0.6 is 22.6 Å². The number of benzene rings is 1. The summed E-state index contributed by atoms with van der Waals surface area (Å²) in [6.07, 6.45) is 5.59. The molecule has 2 aliphatic rings. The second-order valence-electron chi connectivity index (χ2n) is 8.78. The molecule has 1 aliphatic heterocycles. The van der Waals surface area contributed by atoms with Gasteiger partial charge in [-0.2, -0.15) is 4.98 Å². The van der Waals surface area contributed by atoms with Gasteiger partial charge in [-0.15, -0.1) is 0 Å². The first-order valence-electron chi connectivity index (χ1n) is 10.7. The normalized spacial score (nSPS) is 23.8. The highest BCUT2D eigenvalue weighted by atomic mass is 127. The molecule has 1 aliphatic carbocycles. The van der Waals surface area contributed by atoms with Crippen molar-refractivity contribution in [1.82, 2.24) is 14.5 Å². The third kappa shape index (κ3) is 3.80. The predicted octanol–water partition coefficient (Wildman–Crippen LogP) is 3.63. The molecule has 7 heteroatoms. The smallest absolute Gasteiger partial charge is 0.315 e. The van der Waals surface area contributed by atoms with E-state index in [1.165, 1.54) is 35.5 Å². The van der Waals surface area contributed by atoms with Crippen LogP contribution in [0.3, 0.4) is 0 Å². The number of likely N-dealkylation sites (N-methyl/N-ethyl adjacent to an activating group) is 1. The van der Waals surface area contributed by atoms with Gasteiger partial charge in [0.15, 0.2) is 6.23 Å². The van der Waals surface area contributed by atoms with Gasteiger partial charge in [0.1, 0.15) is 11.5 Å². The molecule has 1 aromatic carbocycles. The Morgan fingerprint density at radius 3 is 2.70 bits per heavy atom. The minimum Gasteiger partial charge on any atom is -0.490 e. The van der Waals surface area contributed by atoms with Crippen LogP contribution in [0.15, 0.2) is 29.1 Å². The zero-order valence-corrected chi connectivity index (χ0v) is 20.1. The van der Waals surface area contributed by atoms with Gasteiger partial charge in [-0.1, -0.05) is 31.4 Å². The average molecular weight is 523 g/mol. The molecule has 0 bridgehead atoms. The highest BCUT2D eigenvalue weighted by Gasteiger charge is 2.39. The van der Waals surface area contributed by atoms with Crippen LogP contribution in [0.5, 0.6) is 5.75 Å². The van der Waals surface area contributed by atoms with Crippen LogP contribution in [0.25, 0.3) is 0 Å². The first-order chi connectivity index (χ1) is 14.4. The SMILES string of the molecule is COc1c2n(c(CC3(c4cccc(I)c4)CCCCC3)nc1=O)C[C@H](C)N(C)C2O. The van der Waals surface area contributed by atoms with Gasteiger partial charge in [-0.3, -0.25) is 9.69 Å². The maximum atomic E-state index is 12.8. The van der Waals surface area contributed by atoms with Crippen LogP contribution in [-0.2, 0) is 18.4 Å². The lowest BCUT2D eigenvalue weighted by Crippen LogP contribution is -2.46. The van der Waals surface area contributed by atoms with E-state index in [9.17, 15) is 9.90 Å². The lowest BCUT2D eigenvalue weighted by molar-refractivity contribution is -0.0350. The van der Waals surface area contributed by atoms with Crippen molar-refractivity contribution >= 4 is 22.6 Å². The van der Waals surface area contributed by atoms with Gasteiger partial charge >= 0.3 is 5.56 Å². The molecule has 162 valence electrons. The van der Waals surface area contributed by atoms with Crippen LogP contribution < -0.4 is 10.3 Å². The Morgan fingerprint density at radius 2 is 2.03 bits per heavy atom. The van der Waals surface area contributed by atoms with Gasteiger partial charge < -0.3 is 14.4 Å². The molecule has 6 nitrogen and oxygen atoms in total. The summed E-state index contributed by atoms with van der Waals surface area (Å²) in [6.45, 7) is 2.75. The van der Waals surface area contributed by atoms with Gasteiger partial charge in [0.25, 0.3) is 0 Å². The van der Waals surface area contributed by atoms with Gasteiger partial charge in [-0.25, -0.2) is 0 Å². The maximum Gasteiger partial charge on any atom is 0.315 e. The minimum atomic E-state index is -0.891. The summed E-state index contributed by atoms with van der Waals surface area (Å²) < 4.78 is 8.65. The fraction of sp³-hybridized carbons (Fsp3) is 0.565. The molecule has 2 heterocycles. The molecule has 0 amide bonds. The van der Waals surface area contributed by atoms with Crippen LogP contribution in [0.2, 0.25) is 0 Å². The standard InChI is InChI=1S/C23H30IN3O3/c1-15-14-27-18(25-21(28)20(30-3)19(27)22(29)26(15)2)13-23(10-5-4-6-11-23)16-8-7-9-17(24)12-16/h7-9,12,15,22,29H,4-6,10-11,13-14H2,1-3H3/t15-,22?/m0/s1. The summed E-state index contributed by atoms with van der Waals surface area (Å²) in [6, 6.07) is 8.86. The van der Waals surface area contributed by atoms with Gasteiger partial charge in [0.05, 0.1) is 7.11 Å². The van der Waals surface area contributed by atoms with E-state index < -0.39 is 11.8 Å². The first kappa shape index (κ1) is 21.8. The third-order valence-corrected chi connectivity index (χ3v) is 7.65. The molecule has 0 saturated heterocycles. The Bertz CT molecular complexity index is 984. The molecule has 2 atom stereocenters. The van der Waals surface area contributed by atoms with Crippen molar-refractivity contribution in [1.29, 1.82) is 0 Å². The van der Waals surface area contributed by atoms with E-state index in [4.69, 9.17) is 4.74 Å². The highest BCUT2D eigenvalue weighted by molar-refractivity contribution is 14.1. The van der Waals surface area contributed by atoms with Crippen molar-refractivity contribution in [3.63, 3.8) is 0 Å². The number of hydrogen-bond donors (Lipinski definition) is 1. The Kier molecular flexibility index (Phi) is 6.23. The summed E-state index contributed by atoms with van der Waals surface area (Å²) in [7, 11) is 3.34. The zero-order valence-electron chi connectivity index (χ0n) is 17.9. The molecular weight excluding hydrogens is 493 g/mol. The van der Waals surface area contributed by atoms with Crippen molar-refractivity contribution in [2.45, 2.75) is 69.7 Å². The molecule has 1 N–H and O–H groups in total. The molecule has 1 unspecified atom stereocenters. The number of aliphatic hydroxyl groups excluding tert-OH is 1. The maximum absolute atomic E-state index is 12.8. The molecule has 1 fully saturated rings. The van der Waals surface area contributed by atoms with Crippen LogP contribution in [0.1, 0.15) is 62.3 Å². The molecule has 0 radical (unpaired) electrons. The second kappa shape index (κ2) is 8.59. The Morgan fingerprint density at radius 1 is 1.30 bits per heavy atom. The molecule has 1 aromatic heterocycles. The highest BCUT2D eigenvalue weighted by Crippen LogP contribution is 2.43. The monoisotopic (exact) mass is 523 g/mol. The number of nitrogens with zero attached hydrogens (tertiary/aromatic N) is 3. The summed E-state index contributed by atoms with van der Waals surface area (Å²) >= 11 is 2.37. The lowest BCUT2D eigenvalue weighted by atomic mass is 9.67. The molecule has 2 aromatic rings. The van der Waals surface area contributed by atoms with Crippen molar-refractivity contribution in [2.75, 3.05) is 14.2 Å². The summed E-state index contributed by atoms with van der Waals surface area (Å²) in [5.74, 6) is 0.910. The largest absolute Gasteiger partial charge is 0.490 e. The fourth-order valence-electron chi connectivity index (χ4n) is 5.13. The quantitative estimate of drug-likeness (QED) is 0.621. The van der Waals surface area contributed by atoms with E-state index >= 15 is 0 Å². The van der Waals surface area contributed by atoms with E-state index in [0.29, 0.717) is 18.7 Å². The molecule has 0 spiro atoms. The Hall–Kier alpha value is -1.45. The summed E-state index contributed by atoms with van der Waals surface area (Å²) in [4.78, 5) is 19.2. The molecule has 4 rings (SSSR count). The average Bonchev–Trinajstić information content (AvgIpc) is 2.73. The number of rotatable bonds is 4. The van der Waals surface area contributed by atoms with E-state index in [0.717, 1.165) is 18.7 Å². The predicted molar refractivity (Wildman–Crippen MR) is 125 cm³/mol. The summed E-state index contributed by atoms with van der Waals surface area (Å²) in [5.41, 5.74) is 1.43. The molecule has 30 heavy (non-hydrogen) atoms. The van der Waals surface area contributed by atoms with E-state index in [1.807, 2.05) is 16.5 Å². The second-order valence-corrected chi connectivity index (χ2v) is 10.0. The first-order valence-corrected chi connectivity index (χ1v) is 11.8. The van der Waals surface area contributed by atoms with E-state index in [2.05, 4.69) is 58.8 Å². The van der Waals surface area contributed by atoms with Crippen LogP contribution in [0, 0.1) is 3.57 Å². The van der Waals surface area contributed by atoms with Gasteiger partial charge in [0.2, 0.25) is 5.75 Å². The van der Waals surface area contributed by atoms with Gasteiger partial charge in [-0.05, 0) is 67.1 Å². The van der Waals surface area contributed by atoms with Crippen molar-refractivity contribution < 1.29 is 9.84 Å². The fourth-order valence-corrected chi connectivity index (χ4v) is 5.67. The van der Waals surface area contributed by atoms with Crippen LogP contribution in [0.4, 0.5) is 0 Å². The minimum absolute atomic E-state index is 0.0359. The number of hydrogen-bond acceptors (Lipinski definition) is 5. The number of ether oxygens (including phenoxy) is 1. The van der Waals surface area contributed by atoms with E-state index in [-0.39, 0.29) is 17.2 Å². The number of halogens is 1. The van der Waals surface area contributed by atoms with Gasteiger partial charge in [0, 0.05) is 28.0 Å². The van der Waals surface area contributed by atoms with Crippen LogP contribution in [-0.4, -0.2) is 39.8 Å². The third-order valence-electron chi connectivity index (χ3n) is 6.98. The topological polar surface area (TPSA) is 67.6 Å². The van der Waals surface area contributed by atoms with Crippen molar-refractivity contribution in [3.05, 3.63) is 55.3 Å². The van der Waals surface area contributed by atoms with E-state index in [1.54, 1.807) is 0 Å². The number of aliphatic hydroxyl groups is 1. The number of aromatic nitrogens is 2. The number of fused-ring (bicyclic) bond motifs is 1. The zero-order chi connectivity index (χ0) is 21.5. The Labute approximate surface area is 191 Å². The number of methoxy groups -OCH3 is 1. The van der Waals surface area contributed by atoms with Crippen molar-refractivity contribution in [2.24, 2.45) is 0 Å². The molecule has 1 saturated carbocycles. The Balaban J connectivity index is 1.85. The summed E-state index contributed by atoms with van der Waals surface area (Å²) in [5, 5.41) is 10.9. The molecular formula is C23H30IN3O3. The van der Waals surface area contributed by atoms with Crippen molar-refractivity contribution in [3.8, 4) is 5.75 Å². The lowest BCUT2D eigenvalue weighted by Gasteiger charge is -2.41.